The first-order chi connectivity index (χ1) is 7.70. The molecule has 0 radical (unpaired) electrons. The summed E-state index contributed by atoms with van der Waals surface area (Å²) in [6.07, 6.45) is 0. The molecule has 1 nitrogen and oxygen atoms in total. The molecule has 1 aliphatic rings. The average molecular weight is 209 g/mol. The van der Waals surface area contributed by atoms with Crippen LogP contribution in [0, 0.1) is 6.92 Å². The first-order valence-corrected chi connectivity index (χ1v) is 5.68. The van der Waals surface area contributed by atoms with Crippen molar-refractivity contribution in [2.45, 2.75) is 19.8 Å². The molecule has 0 saturated carbocycles. The molecular weight excluding hydrogens is 194 g/mol. The van der Waals surface area contributed by atoms with Gasteiger partial charge in [0.05, 0.1) is 0 Å². The smallest absolute Gasteiger partial charge is 0.0397 e. The van der Waals surface area contributed by atoms with E-state index in [-0.39, 0.29) is 0 Å². The minimum atomic E-state index is 0.467. The standard InChI is InChI=1S/C15H15N/c1-9-7-8-13(16)15-12-6-4-3-5-11(12)10(2)14(9)15/h3-8,10H,16H2,1-2H3. The van der Waals surface area contributed by atoms with Gasteiger partial charge >= 0.3 is 0 Å². The topological polar surface area (TPSA) is 26.0 Å². The molecule has 2 aromatic carbocycles. The van der Waals surface area contributed by atoms with Gasteiger partial charge in [-0.05, 0) is 35.2 Å². The molecular formula is C15H15N. The summed E-state index contributed by atoms with van der Waals surface area (Å²) >= 11 is 0. The number of aryl methyl sites for hydroxylation is 1. The second-order valence-corrected chi connectivity index (χ2v) is 4.57. The van der Waals surface area contributed by atoms with Gasteiger partial charge < -0.3 is 5.73 Å². The van der Waals surface area contributed by atoms with Gasteiger partial charge in [-0.25, -0.2) is 0 Å². The van der Waals surface area contributed by atoms with E-state index in [9.17, 15) is 0 Å². The monoisotopic (exact) mass is 209 g/mol. The second kappa shape index (κ2) is 3.11. The van der Waals surface area contributed by atoms with Gasteiger partial charge in [-0.3, -0.25) is 0 Å². The number of rotatable bonds is 0. The van der Waals surface area contributed by atoms with Crippen LogP contribution in [0.4, 0.5) is 5.69 Å². The number of nitrogen functional groups attached to an aromatic ring is 1. The van der Waals surface area contributed by atoms with Crippen LogP contribution in [-0.4, -0.2) is 0 Å². The first kappa shape index (κ1) is 9.46. The molecule has 0 heterocycles. The molecule has 1 atom stereocenters. The van der Waals surface area contributed by atoms with Crippen LogP contribution in [0.25, 0.3) is 11.1 Å². The highest BCUT2D eigenvalue weighted by Crippen LogP contribution is 2.48. The molecule has 1 aliphatic carbocycles. The summed E-state index contributed by atoms with van der Waals surface area (Å²) in [7, 11) is 0. The lowest BCUT2D eigenvalue weighted by Gasteiger charge is -2.10. The highest BCUT2D eigenvalue weighted by atomic mass is 14.6. The Morgan fingerprint density at radius 1 is 1.06 bits per heavy atom. The molecule has 16 heavy (non-hydrogen) atoms. The maximum Gasteiger partial charge on any atom is 0.0397 e. The van der Waals surface area contributed by atoms with Gasteiger partial charge in [-0.15, -0.1) is 0 Å². The highest BCUT2D eigenvalue weighted by Gasteiger charge is 2.27. The molecule has 1 heteroatoms. The van der Waals surface area contributed by atoms with Crippen LogP contribution in [0.3, 0.4) is 0 Å². The molecule has 80 valence electrons. The predicted molar refractivity (Wildman–Crippen MR) is 68.5 cm³/mol. The van der Waals surface area contributed by atoms with E-state index in [0.29, 0.717) is 5.92 Å². The van der Waals surface area contributed by atoms with Gasteiger partial charge in [0, 0.05) is 17.2 Å². The Labute approximate surface area is 95.9 Å². The van der Waals surface area contributed by atoms with Crippen LogP contribution < -0.4 is 5.73 Å². The van der Waals surface area contributed by atoms with E-state index in [1.807, 2.05) is 6.07 Å². The number of hydrogen-bond donors (Lipinski definition) is 1. The molecule has 0 aromatic heterocycles. The Hall–Kier alpha value is -1.76. The van der Waals surface area contributed by atoms with Crippen molar-refractivity contribution in [3.63, 3.8) is 0 Å². The molecule has 3 rings (SSSR count). The third kappa shape index (κ3) is 1.06. The van der Waals surface area contributed by atoms with Crippen LogP contribution in [0.1, 0.15) is 29.5 Å². The number of nitrogens with two attached hydrogens (primary N) is 1. The molecule has 1 unspecified atom stereocenters. The Bertz CT molecular complexity index is 570. The predicted octanol–water partition coefficient (Wildman–Crippen LogP) is 3.71. The fraction of sp³-hybridized carbons (Fsp3) is 0.200. The number of benzene rings is 2. The maximum absolute atomic E-state index is 6.12. The zero-order valence-electron chi connectivity index (χ0n) is 9.62. The van der Waals surface area contributed by atoms with Gasteiger partial charge in [0.15, 0.2) is 0 Å². The highest BCUT2D eigenvalue weighted by molar-refractivity contribution is 5.88. The van der Waals surface area contributed by atoms with Gasteiger partial charge in [-0.1, -0.05) is 37.3 Å². The Morgan fingerprint density at radius 2 is 1.81 bits per heavy atom. The summed E-state index contributed by atoms with van der Waals surface area (Å²) in [6.45, 7) is 4.43. The lowest BCUT2D eigenvalue weighted by molar-refractivity contribution is 0.944. The zero-order chi connectivity index (χ0) is 11.3. The van der Waals surface area contributed by atoms with E-state index in [1.165, 1.54) is 27.8 Å². The minimum absolute atomic E-state index is 0.467. The molecule has 0 amide bonds. The normalized spacial score (nSPS) is 17.0. The number of anilines is 1. The van der Waals surface area contributed by atoms with E-state index < -0.39 is 0 Å². The van der Waals surface area contributed by atoms with Crippen LogP contribution in [0.5, 0.6) is 0 Å². The molecule has 0 spiro atoms. The summed E-state index contributed by atoms with van der Waals surface area (Å²) in [5, 5.41) is 0. The summed E-state index contributed by atoms with van der Waals surface area (Å²) < 4.78 is 0. The molecule has 0 aliphatic heterocycles. The Morgan fingerprint density at radius 3 is 2.62 bits per heavy atom. The van der Waals surface area contributed by atoms with E-state index >= 15 is 0 Å². The third-order valence-electron chi connectivity index (χ3n) is 3.63. The van der Waals surface area contributed by atoms with E-state index in [0.717, 1.165) is 5.69 Å². The largest absolute Gasteiger partial charge is 0.398 e. The van der Waals surface area contributed by atoms with Crippen LogP contribution >= 0.6 is 0 Å². The van der Waals surface area contributed by atoms with Gasteiger partial charge in [-0.2, -0.15) is 0 Å². The second-order valence-electron chi connectivity index (χ2n) is 4.57. The van der Waals surface area contributed by atoms with Crippen molar-refractivity contribution in [3.8, 4) is 11.1 Å². The van der Waals surface area contributed by atoms with Crippen LogP contribution in [-0.2, 0) is 0 Å². The molecule has 0 fully saturated rings. The Balaban J connectivity index is 2.42. The van der Waals surface area contributed by atoms with Crippen LogP contribution in [0.15, 0.2) is 36.4 Å². The van der Waals surface area contributed by atoms with Crippen molar-refractivity contribution >= 4 is 5.69 Å². The van der Waals surface area contributed by atoms with Crippen molar-refractivity contribution in [3.05, 3.63) is 53.1 Å². The minimum Gasteiger partial charge on any atom is -0.398 e. The quantitative estimate of drug-likeness (QED) is 0.658. The Kier molecular flexibility index (Phi) is 1.84. The molecule has 2 aromatic rings. The third-order valence-corrected chi connectivity index (χ3v) is 3.63. The van der Waals surface area contributed by atoms with E-state index in [2.05, 4.69) is 44.2 Å². The van der Waals surface area contributed by atoms with Crippen LogP contribution in [0.2, 0.25) is 0 Å². The van der Waals surface area contributed by atoms with Crippen molar-refractivity contribution in [1.29, 1.82) is 0 Å². The summed E-state index contributed by atoms with van der Waals surface area (Å²) in [6, 6.07) is 12.7. The van der Waals surface area contributed by atoms with Crippen molar-refractivity contribution in [2.75, 3.05) is 5.73 Å². The lowest BCUT2D eigenvalue weighted by Crippen LogP contribution is -1.95. The van der Waals surface area contributed by atoms with Crippen molar-refractivity contribution < 1.29 is 0 Å². The maximum atomic E-state index is 6.12. The zero-order valence-corrected chi connectivity index (χ0v) is 9.62. The molecule has 0 saturated heterocycles. The molecule has 2 N–H and O–H groups in total. The fourth-order valence-corrected chi connectivity index (χ4v) is 2.86. The SMILES string of the molecule is Cc1ccc(N)c2c1C(C)c1ccccc1-2. The van der Waals surface area contributed by atoms with Gasteiger partial charge in [0.1, 0.15) is 0 Å². The first-order valence-electron chi connectivity index (χ1n) is 5.68. The number of hydrogen-bond acceptors (Lipinski definition) is 1. The van der Waals surface area contributed by atoms with Crippen molar-refractivity contribution in [1.82, 2.24) is 0 Å². The summed E-state index contributed by atoms with van der Waals surface area (Å²) in [5.74, 6) is 0.467. The van der Waals surface area contributed by atoms with Gasteiger partial charge in [0.25, 0.3) is 0 Å². The van der Waals surface area contributed by atoms with Crippen molar-refractivity contribution in [2.24, 2.45) is 0 Å². The average Bonchev–Trinajstić information content (AvgIpc) is 2.60. The summed E-state index contributed by atoms with van der Waals surface area (Å²) in [4.78, 5) is 0. The number of fused-ring (bicyclic) bond motifs is 3. The molecule has 0 bridgehead atoms. The lowest BCUT2D eigenvalue weighted by atomic mass is 9.95. The van der Waals surface area contributed by atoms with Gasteiger partial charge in [0.2, 0.25) is 0 Å². The summed E-state index contributed by atoms with van der Waals surface area (Å²) in [5.41, 5.74) is 13.7. The van der Waals surface area contributed by atoms with E-state index in [4.69, 9.17) is 5.73 Å². The fourth-order valence-electron chi connectivity index (χ4n) is 2.86. The van der Waals surface area contributed by atoms with E-state index in [1.54, 1.807) is 0 Å².